The number of benzene rings is 2. The lowest BCUT2D eigenvalue weighted by Gasteiger charge is -2.45. The van der Waals surface area contributed by atoms with Crippen molar-refractivity contribution in [3.05, 3.63) is 118 Å². The van der Waals surface area contributed by atoms with E-state index in [1.807, 2.05) is 73.0 Å². The van der Waals surface area contributed by atoms with Gasteiger partial charge >= 0.3 is 6.09 Å². The Labute approximate surface area is 322 Å². The Morgan fingerprint density at radius 1 is 0.981 bits per heavy atom. The van der Waals surface area contributed by atoms with Crippen molar-refractivity contribution >= 4 is 23.6 Å². The molecule has 1 unspecified atom stereocenters. The molecule has 54 heavy (non-hydrogen) atoms. The Balaban J connectivity index is 1.09. The van der Waals surface area contributed by atoms with Crippen LogP contribution in [0.25, 0.3) is 0 Å². The van der Waals surface area contributed by atoms with Crippen LogP contribution in [0.5, 0.6) is 0 Å². The van der Waals surface area contributed by atoms with Crippen molar-refractivity contribution in [2.24, 2.45) is 0 Å². The van der Waals surface area contributed by atoms with Crippen molar-refractivity contribution in [2.75, 3.05) is 39.4 Å². The molecule has 0 radical (unpaired) electrons. The highest BCUT2D eigenvalue weighted by molar-refractivity contribution is 6.30. The lowest BCUT2D eigenvalue weighted by Crippen LogP contribution is -2.62. The third-order valence-electron chi connectivity index (χ3n) is 11.5. The normalized spacial score (nSPS) is 21.3. The number of hydrogen-bond acceptors (Lipinski definition) is 8. The highest BCUT2D eigenvalue weighted by Crippen LogP contribution is 2.39. The van der Waals surface area contributed by atoms with E-state index >= 15 is 4.79 Å². The molecule has 2 amide bonds. The first-order valence-electron chi connectivity index (χ1n) is 19.4. The number of amides is 2. The van der Waals surface area contributed by atoms with Gasteiger partial charge in [-0.15, -0.1) is 0 Å². The van der Waals surface area contributed by atoms with E-state index in [4.69, 9.17) is 30.8 Å². The van der Waals surface area contributed by atoms with Gasteiger partial charge in [0.25, 0.3) is 0 Å². The molecule has 2 aromatic carbocycles. The van der Waals surface area contributed by atoms with E-state index in [-0.39, 0.29) is 18.1 Å². The van der Waals surface area contributed by atoms with Gasteiger partial charge in [0.05, 0.1) is 37.0 Å². The Morgan fingerprint density at radius 3 is 2.56 bits per heavy atom. The second-order valence-corrected chi connectivity index (χ2v) is 15.5. The van der Waals surface area contributed by atoms with Crippen LogP contribution in [0.3, 0.4) is 0 Å². The topological polar surface area (TPSA) is 102 Å². The van der Waals surface area contributed by atoms with Gasteiger partial charge in [-0.25, -0.2) is 9.78 Å². The van der Waals surface area contributed by atoms with Gasteiger partial charge in [-0.3, -0.25) is 19.6 Å². The minimum absolute atomic E-state index is 0.0936. The second-order valence-electron chi connectivity index (χ2n) is 15.0. The molecule has 4 aromatic rings. The molecule has 1 spiro atoms. The van der Waals surface area contributed by atoms with Gasteiger partial charge in [0, 0.05) is 69.5 Å². The van der Waals surface area contributed by atoms with Crippen LogP contribution in [0, 0.1) is 6.92 Å². The number of piperazine rings is 1. The van der Waals surface area contributed by atoms with Crippen LogP contribution in [-0.2, 0) is 44.9 Å². The van der Waals surface area contributed by atoms with Gasteiger partial charge in [-0.1, -0.05) is 54.1 Å². The maximum Gasteiger partial charge on any atom is 0.410 e. The standard InChI is InChI=1S/C42H49ClN6O5/c1-30-26-46(29-45-30)19-6-20-48(27-31-7-3-2-4-8-31)40(50)37-28-47(21-22-49(37)41(51)54-35-14-16-42(17-15-35)52-23-24-53-42)39-36-13-12-34(43)25-33(36)11-10-32-9-5-18-44-38(32)39/h2-5,7-9,12-13,18,25-26,29,35,37,39H,6,10-11,14-17,19-24,27-28H2,1H3/t37-,39?/m1/s1. The number of carbonyl (C=O) groups excluding carboxylic acids is 2. The lowest BCUT2D eigenvalue weighted by atomic mass is 9.92. The fourth-order valence-electron chi connectivity index (χ4n) is 8.69. The van der Waals surface area contributed by atoms with Crippen LogP contribution in [0.2, 0.25) is 5.02 Å². The number of fused-ring (bicyclic) bond motifs is 2. The summed E-state index contributed by atoms with van der Waals surface area (Å²) in [6.45, 7) is 6.06. The Bertz CT molecular complexity index is 1920. The van der Waals surface area contributed by atoms with Crippen LogP contribution in [0.4, 0.5) is 4.79 Å². The largest absolute Gasteiger partial charge is 0.446 e. The Morgan fingerprint density at radius 2 is 1.78 bits per heavy atom. The molecule has 2 aliphatic heterocycles. The molecule has 0 bridgehead atoms. The number of imidazole rings is 1. The Kier molecular flexibility index (Phi) is 11.0. The highest BCUT2D eigenvalue weighted by Gasteiger charge is 2.45. The molecule has 2 aliphatic carbocycles. The lowest BCUT2D eigenvalue weighted by molar-refractivity contribution is -0.188. The quantitative estimate of drug-likeness (QED) is 0.195. The molecule has 0 N–H and O–H groups in total. The average Bonchev–Trinajstić information content (AvgIpc) is 3.80. The summed E-state index contributed by atoms with van der Waals surface area (Å²) < 4.78 is 20.1. The summed E-state index contributed by atoms with van der Waals surface area (Å²) in [5, 5.41) is 0.703. The molecule has 2 atom stereocenters. The van der Waals surface area contributed by atoms with Crippen LogP contribution >= 0.6 is 11.6 Å². The zero-order valence-electron chi connectivity index (χ0n) is 30.9. The van der Waals surface area contributed by atoms with Gasteiger partial charge in [0.1, 0.15) is 12.1 Å². The first-order valence-corrected chi connectivity index (χ1v) is 19.7. The molecular formula is C42H49ClN6O5. The van der Waals surface area contributed by atoms with E-state index in [9.17, 15) is 4.79 Å². The minimum Gasteiger partial charge on any atom is -0.446 e. The molecule has 284 valence electrons. The third-order valence-corrected chi connectivity index (χ3v) is 11.7. The maximum absolute atomic E-state index is 15.1. The maximum atomic E-state index is 15.1. The van der Waals surface area contributed by atoms with Crippen molar-refractivity contribution in [3.63, 3.8) is 0 Å². The van der Waals surface area contributed by atoms with Gasteiger partial charge in [-0.05, 0) is 79.5 Å². The van der Waals surface area contributed by atoms with Gasteiger partial charge in [0.2, 0.25) is 5.91 Å². The number of aryl methyl sites for hydroxylation is 4. The first kappa shape index (κ1) is 36.7. The van der Waals surface area contributed by atoms with E-state index in [1.54, 1.807) is 4.90 Å². The van der Waals surface area contributed by atoms with E-state index in [1.165, 1.54) is 11.1 Å². The molecule has 4 heterocycles. The van der Waals surface area contributed by atoms with Crippen molar-refractivity contribution in [1.82, 2.24) is 29.2 Å². The van der Waals surface area contributed by atoms with Crippen LogP contribution in [-0.4, -0.2) is 98.6 Å². The second kappa shape index (κ2) is 16.2. The molecule has 2 aromatic heterocycles. The van der Waals surface area contributed by atoms with Gasteiger partial charge < -0.3 is 23.7 Å². The SMILES string of the molecule is Cc1cn(CCCN(Cc2ccccc2)C(=O)[C@H]2CN(C3c4ccc(Cl)cc4CCc4cccnc43)CCN2C(=O)OC2CCC3(CC2)OCCO3)cn1. The van der Waals surface area contributed by atoms with Crippen molar-refractivity contribution in [3.8, 4) is 0 Å². The predicted molar refractivity (Wildman–Crippen MR) is 204 cm³/mol. The monoisotopic (exact) mass is 752 g/mol. The van der Waals surface area contributed by atoms with E-state index in [0.29, 0.717) is 76.6 Å². The molecule has 3 fully saturated rings. The summed E-state index contributed by atoms with van der Waals surface area (Å²) in [6.07, 6.45) is 10.1. The van der Waals surface area contributed by atoms with E-state index < -0.39 is 17.9 Å². The van der Waals surface area contributed by atoms with Crippen LogP contribution in [0.1, 0.15) is 71.8 Å². The van der Waals surface area contributed by atoms with E-state index in [0.717, 1.165) is 48.3 Å². The number of carbonyl (C=O) groups is 2. The number of rotatable bonds is 9. The summed E-state index contributed by atoms with van der Waals surface area (Å²) in [6, 6.07) is 19.3. The fourth-order valence-corrected chi connectivity index (χ4v) is 8.88. The van der Waals surface area contributed by atoms with Crippen LogP contribution < -0.4 is 0 Å². The van der Waals surface area contributed by atoms with Gasteiger partial charge in [-0.2, -0.15) is 0 Å². The average molecular weight is 753 g/mol. The van der Waals surface area contributed by atoms with Crippen LogP contribution in [0.15, 0.2) is 79.4 Å². The molecule has 11 nitrogen and oxygen atoms in total. The number of halogens is 1. The fraction of sp³-hybridized carbons (Fsp3) is 0.476. The van der Waals surface area contributed by atoms with Crippen molar-refractivity contribution in [2.45, 2.75) is 88.9 Å². The summed E-state index contributed by atoms with van der Waals surface area (Å²) in [7, 11) is 0. The summed E-state index contributed by atoms with van der Waals surface area (Å²) in [4.78, 5) is 44.6. The summed E-state index contributed by atoms with van der Waals surface area (Å²) in [5.41, 5.74) is 6.49. The third kappa shape index (κ3) is 8.05. The number of pyridine rings is 1. The number of nitrogens with zero attached hydrogens (tertiary/aromatic N) is 6. The van der Waals surface area contributed by atoms with Gasteiger partial charge in [0.15, 0.2) is 5.79 Å². The number of ether oxygens (including phenoxy) is 3. The molecule has 4 aliphatic rings. The smallest absolute Gasteiger partial charge is 0.410 e. The Hall–Kier alpha value is -4.29. The van der Waals surface area contributed by atoms with Crippen molar-refractivity contribution in [1.29, 1.82) is 0 Å². The first-order chi connectivity index (χ1) is 26.3. The molecule has 1 saturated carbocycles. The molecule has 8 rings (SSSR count). The molecular weight excluding hydrogens is 704 g/mol. The number of aromatic nitrogens is 3. The molecule has 12 heteroatoms. The number of hydrogen-bond donors (Lipinski definition) is 0. The zero-order chi connectivity index (χ0) is 37.1. The minimum atomic E-state index is -0.770. The van der Waals surface area contributed by atoms with Crippen molar-refractivity contribution < 1.29 is 23.8 Å². The summed E-state index contributed by atoms with van der Waals surface area (Å²) in [5.74, 6) is -0.645. The predicted octanol–water partition coefficient (Wildman–Crippen LogP) is 6.36. The zero-order valence-corrected chi connectivity index (χ0v) is 31.7. The highest BCUT2D eigenvalue weighted by atomic mass is 35.5. The van der Waals surface area contributed by atoms with E-state index in [2.05, 4.69) is 32.7 Å². The molecule has 2 saturated heterocycles. The summed E-state index contributed by atoms with van der Waals surface area (Å²) >= 11 is 6.54.